The first-order valence-corrected chi connectivity index (χ1v) is 10.3. The zero-order valence-electron chi connectivity index (χ0n) is 14.0. The minimum atomic E-state index is -3.80. The molecule has 0 aliphatic rings. The second-order valence-electron chi connectivity index (χ2n) is 5.33. The minimum Gasteiger partial charge on any atom is -0.462 e. The third kappa shape index (κ3) is 3.63. The number of esters is 1. The van der Waals surface area contributed by atoms with Crippen LogP contribution in [-0.4, -0.2) is 21.0 Å². The molecule has 0 spiro atoms. The molecule has 1 heterocycles. The fourth-order valence-electron chi connectivity index (χ4n) is 2.44. The van der Waals surface area contributed by atoms with Crippen LogP contribution in [0, 0.1) is 0 Å². The van der Waals surface area contributed by atoms with Gasteiger partial charge in [-0.3, -0.25) is 0 Å². The van der Waals surface area contributed by atoms with Gasteiger partial charge in [0.25, 0.3) is 10.0 Å². The monoisotopic (exact) mass is 387 g/mol. The van der Waals surface area contributed by atoms with Gasteiger partial charge < -0.3 is 4.74 Å². The topological polar surface area (TPSA) is 63.7 Å². The van der Waals surface area contributed by atoms with Gasteiger partial charge >= 0.3 is 5.97 Å². The summed E-state index contributed by atoms with van der Waals surface area (Å²) in [6, 6.07) is 16.3. The van der Waals surface area contributed by atoms with Crippen molar-refractivity contribution in [2.75, 3.05) is 10.9 Å². The van der Waals surface area contributed by atoms with Crippen LogP contribution in [0.15, 0.2) is 76.3 Å². The van der Waals surface area contributed by atoms with Crippen molar-refractivity contribution in [2.24, 2.45) is 0 Å². The molecular weight excluding hydrogens is 370 g/mol. The van der Waals surface area contributed by atoms with Gasteiger partial charge in [-0.1, -0.05) is 18.2 Å². The third-order valence-corrected chi connectivity index (χ3v) is 6.08. The van der Waals surface area contributed by atoms with Crippen molar-refractivity contribution in [2.45, 2.75) is 11.8 Å². The first kappa shape index (κ1) is 18.2. The molecule has 0 unspecified atom stereocenters. The Morgan fingerprint density at radius 1 is 1.00 bits per heavy atom. The van der Waals surface area contributed by atoms with Gasteiger partial charge in [0.1, 0.15) is 0 Å². The van der Waals surface area contributed by atoms with Gasteiger partial charge in [-0.2, -0.15) is 11.3 Å². The molecule has 3 aromatic rings. The van der Waals surface area contributed by atoms with E-state index < -0.39 is 16.0 Å². The molecule has 0 aliphatic carbocycles. The highest BCUT2D eigenvalue weighted by molar-refractivity contribution is 7.93. The van der Waals surface area contributed by atoms with Crippen molar-refractivity contribution in [1.82, 2.24) is 0 Å². The van der Waals surface area contributed by atoms with E-state index in [2.05, 4.69) is 0 Å². The zero-order valence-corrected chi connectivity index (χ0v) is 15.7. The lowest BCUT2D eigenvalue weighted by Gasteiger charge is -2.23. The lowest BCUT2D eigenvalue weighted by atomic mass is 10.2. The molecule has 0 bridgehead atoms. The van der Waals surface area contributed by atoms with Crippen LogP contribution in [0.1, 0.15) is 17.3 Å². The fourth-order valence-corrected chi connectivity index (χ4v) is 4.63. The lowest BCUT2D eigenvalue weighted by Crippen LogP contribution is -2.25. The first-order chi connectivity index (χ1) is 12.5. The normalized spacial score (nSPS) is 11.1. The van der Waals surface area contributed by atoms with Crippen LogP contribution in [-0.2, 0) is 14.8 Å². The third-order valence-electron chi connectivity index (χ3n) is 3.64. The number of benzene rings is 2. The maximum atomic E-state index is 13.2. The Balaban J connectivity index is 2.05. The highest BCUT2D eigenvalue weighted by Crippen LogP contribution is 2.33. The van der Waals surface area contributed by atoms with Crippen molar-refractivity contribution < 1.29 is 17.9 Å². The quantitative estimate of drug-likeness (QED) is 0.586. The minimum absolute atomic E-state index is 0.195. The van der Waals surface area contributed by atoms with E-state index in [0.717, 1.165) is 0 Å². The molecule has 3 rings (SSSR count). The van der Waals surface area contributed by atoms with E-state index in [0.29, 0.717) is 16.9 Å². The van der Waals surface area contributed by atoms with E-state index in [1.165, 1.54) is 15.6 Å². The molecule has 0 atom stereocenters. The van der Waals surface area contributed by atoms with Gasteiger partial charge in [0.05, 0.1) is 28.4 Å². The number of hydrogen-bond acceptors (Lipinski definition) is 5. The highest BCUT2D eigenvalue weighted by Gasteiger charge is 2.27. The standard InChI is InChI=1S/C19H17NO4S2/c1-2-24-19(21)15-8-10-16(11-9-15)20(17-12-13-25-14-17)26(22,23)18-6-4-3-5-7-18/h3-14H,2H2,1H3. The summed E-state index contributed by atoms with van der Waals surface area (Å²) >= 11 is 1.41. The number of hydrogen-bond donors (Lipinski definition) is 0. The number of carbonyl (C=O) groups is 1. The fraction of sp³-hybridized carbons (Fsp3) is 0.105. The molecule has 26 heavy (non-hydrogen) atoms. The van der Waals surface area contributed by atoms with E-state index in [1.54, 1.807) is 73.0 Å². The van der Waals surface area contributed by atoms with E-state index in [9.17, 15) is 13.2 Å². The van der Waals surface area contributed by atoms with E-state index in [1.807, 2.05) is 5.38 Å². The summed E-state index contributed by atoms with van der Waals surface area (Å²) in [6.45, 7) is 2.01. The summed E-state index contributed by atoms with van der Waals surface area (Å²) in [5, 5.41) is 3.58. The van der Waals surface area contributed by atoms with E-state index in [-0.39, 0.29) is 11.5 Å². The maximum Gasteiger partial charge on any atom is 0.338 e. The van der Waals surface area contributed by atoms with Gasteiger partial charge in [0.15, 0.2) is 0 Å². The summed E-state index contributed by atoms with van der Waals surface area (Å²) in [6.07, 6.45) is 0. The van der Waals surface area contributed by atoms with Crippen LogP contribution in [0.5, 0.6) is 0 Å². The van der Waals surface area contributed by atoms with Crippen LogP contribution >= 0.6 is 11.3 Å². The van der Waals surface area contributed by atoms with E-state index >= 15 is 0 Å². The molecule has 134 valence electrons. The van der Waals surface area contributed by atoms with Crippen LogP contribution in [0.2, 0.25) is 0 Å². The second-order valence-corrected chi connectivity index (χ2v) is 7.90. The van der Waals surface area contributed by atoms with Crippen LogP contribution in [0.4, 0.5) is 11.4 Å². The molecular formula is C19H17NO4S2. The van der Waals surface area contributed by atoms with Crippen molar-refractivity contribution in [1.29, 1.82) is 0 Å². The number of carbonyl (C=O) groups excluding carboxylic acids is 1. The molecule has 0 saturated carbocycles. The molecule has 0 aliphatic heterocycles. The molecule has 0 saturated heterocycles. The molecule has 0 amide bonds. The predicted octanol–water partition coefficient (Wildman–Crippen LogP) is 4.45. The van der Waals surface area contributed by atoms with Crippen molar-refractivity contribution in [3.05, 3.63) is 77.0 Å². The molecule has 0 radical (unpaired) electrons. The summed E-state index contributed by atoms with van der Waals surface area (Å²) in [5.41, 5.74) is 1.36. The van der Waals surface area contributed by atoms with Gasteiger partial charge in [-0.05, 0) is 54.8 Å². The second kappa shape index (κ2) is 7.72. The Morgan fingerprint density at radius 2 is 1.69 bits per heavy atom. The Kier molecular flexibility index (Phi) is 5.39. The van der Waals surface area contributed by atoms with Crippen LogP contribution in [0.3, 0.4) is 0 Å². The van der Waals surface area contributed by atoms with Gasteiger partial charge in [-0.15, -0.1) is 0 Å². The molecule has 2 aromatic carbocycles. The summed E-state index contributed by atoms with van der Waals surface area (Å²) in [5.74, 6) is -0.438. The Bertz CT molecular complexity index is 966. The number of ether oxygens (including phenoxy) is 1. The Hall–Kier alpha value is -2.64. The average molecular weight is 387 g/mol. The van der Waals surface area contributed by atoms with Crippen molar-refractivity contribution >= 4 is 38.7 Å². The predicted molar refractivity (Wildman–Crippen MR) is 102 cm³/mol. The Labute approximate surface area is 156 Å². The van der Waals surface area contributed by atoms with Crippen molar-refractivity contribution in [3.63, 3.8) is 0 Å². The van der Waals surface area contributed by atoms with Gasteiger partial charge in [0, 0.05) is 5.38 Å². The molecule has 1 aromatic heterocycles. The first-order valence-electron chi connectivity index (χ1n) is 7.94. The summed E-state index contributed by atoms with van der Waals surface area (Å²) in [4.78, 5) is 12.0. The lowest BCUT2D eigenvalue weighted by molar-refractivity contribution is 0.0526. The van der Waals surface area contributed by atoms with Gasteiger partial charge in [0.2, 0.25) is 0 Å². The largest absolute Gasteiger partial charge is 0.462 e. The molecule has 0 fully saturated rings. The SMILES string of the molecule is CCOC(=O)c1ccc(N(c2ccsc2)S(=O)(=O)c2ccccc2)cc1. The average Bonchev–Trinajstić information content (AvgIpc) is 3.17. The summed E-state index contributed by atoms with van der Waals surface area (Å²) in [7, 11) is -3.80. The van der Waals surface area contributed by atoms with Gasteiger partial charge in [-0.25, -0.2) is 17.5 Å². The number of nitrogens with zero attached hydrogens (tertiary/aromatic N) is 1. The van der Waals surface area contributed by atoms with Crippen molar-refractivity contribution in [3.8, 4) is 0 Å². The number of rotatable bonds is 6. The smallest absolute Gasteiger partial charge is 0.338 e. The number of anilines is 2. The molecule has 5 nitrogen and oxygen atoms in total. The highest BCUT2D eigenvalue weighted by atomic mass is 32.2. The maximum absolute atomic E-state index is 13.2. The van der Waals surface area contributed by atoms with Crippen LogP contribution < -0.4 is 4.31 Å². The van der Waals surface area contributed by atoms with E-state index in [4.69, 9.17) is 4.74 Å². The Morgan fingerprint density at radius 3 is 2.27 bits per heavy atom. The number of sulfonamides is 1. The molecule has 7 heteroatoms. The molecule has 0 N–H and O–H groups in total. The number of thiophene rings is 1. The van der Waals surface area contributed by atoms with Crippen LogP contribution in [0.25, 0.3) is 0 Å². The summed E-state index contributed by atoms with van der Waals surface area (Å²) < 4.78 is 32.6. The zero-order chi connectivity index (χ0) is 18.6.